The SMILES string of the molecule is CCOC(=O)c1c(NC(=S)Nc2ccccc2)sc2c1CCC(=O)C2. The van der Waals surface area contributed by atoms with Gasteiger partial charge in [-0.15, -0.1) is 11.3 Å². The van der Waals surface area contributed by atoms with E-state index in [-0.39, 0.29) is 11.8 Å². The van der Waals surface area contributed by atoms with Crippen LogP contribution in [0.2, 0.25) is 0 Å². The first-order chi connectivity index (χ1) is 12.1. The van der Waals surface area contributed by atoms with Crippen molar-refractivity contribution in [1.82, 2.24) is 0 Å². The van der Waals surface area contributed by atoms with Crippen molar-refractivity contribution in [2.45, 2.75) is 26.2 Å². The quantitative estimate of drug-likeness (QED) is 0.627. The Morgan fingerprint density at radius 2 is 2.00 bits per heavy atom. The summed E-state index contributed by atoms with van der Waals surface area (Å²) in [7, 11) is 0. The van der Waals surface area contributed by atoms with Crippen LogP contribution in [0.15, 0.2) is 30.3 Å². The predicted molar refractivity (Wildman–Crippen MR) is 104 cm³/mol. The highest BCUT2D eigenvalue weighted by atomic mass is 32.1. The lowest BCUT2D eigenvalue weighted by Crippen LogP contribution is -2.20. The summed E-state index contributed by atoms with van der Waals surface area (Å²) in [4.78, 5) is 25.1. The smallest absolute Gasteiger partial charge is 0.341 e. The molecule has 25 heavy (non-hydrogen) atoms. The topological polar surface area (TPSA) is 67.4 Å². The second-order valence-corrected chi connectivity index (χ2v) is 7.10. The largest absolute Gasteiger partial charge is 0.462 e. The monoisotopic (exact) mass is 374 g/mol. The van der Waals surface area contributed by atoms with Crippen molar-refractivity contribution in [1.29, 1.82) is 0 Å². The zero-order valence-corrected chi connectivity index (χ0v) is 15.4. The minimum Gasteiger partial charge on any atom is -0.462 e. The maximum absolute atomic E-state index is 12.4. The summed E-state index contributed by atoms with van der Waals surface area (Å²) in [5, 5.41) is 7.20. The number of Topliss-reactive ketones (excluding diaryl/α,β-unsaturated/α-hetero) is 1. The third-order valence-corrected chi connectivity index (χ3v) is 5.19. The Labute approximate surface area is 155 Å². The minimum absolute atomic E-state index is 0.195. The maximum atomic E-state index is 12.4. The fourth-order valence-electron chi connectivity index (χ4n) is 2.75. The van der Waals surface area contributed by atoms with Gasteiger partial charge in [0, 0.05) is 23.4 Å². The van der Waals surface area contributed by atoms with Crippen molar-refractivity contribution in [3.05, 3.63) is 46.3 Å². The average Bonchev–Trinajstić information content (AvgIpc) is 2.92. The summed E-state index contributed by atoms with van der Waals surface area (Å²) in [6.45, 7) is 2.07. The molecule has 0 atom stereocenters. The van der Waals surface area contributed by atoms with Gasteiger partial charge in [-0.05, 0) is 43.3 Å². The molecule has 2 aromatic rings. The summed E-state index contributed by atoms with van der Waals surface area (Å²) in [5.74, 6) is -0.181. The molecule has 5 nitrogen and oxygen atoms in total. The van der Waals surface area contributed by atoms with Crippen LogP contribution in [-0.2, 0) is 22.4 Å². The van der Waals surface area contributed by atoms with Crippen molar-refractivity contribution < 1.29 is 14.3 Å². The van der Waals surface area contributed by atoms with Gasteiger partial charge in [0.15, 0.2) is 5.11 Å². The number of fused-ring (bicyclic) bond motifs is 1. The molecule has 1 aliphatic rings. The van der Waals surface area contributed by atoms with Crippen molar-refractivity contribution in [2.24, 2.45) is 0 Å². The van der Waals surface area contributed by atoms with Crippen LogP contribution >= 0.6 is 23.6 Å². The number of hydrogen-bond acceptors (Lipinski definition) is 5. The van der Waals surface area contributed by atoms with Gasteiger partial charge in [-0.25, -0.2) is 4.79 Å². The fourth-order valence-corrected chi connectivity index (χ4v) is 4.30. The molecule has 0 unspecified atom stereocenters. The van der Waals surface area contributed by atoms with Crippen LogP contribution in [0.5, 0.6) is 0 Å². The summed E-state index contributed by atoms with van der Waals surface area (Å²) >= 11 is 6.76. The Morgan fingerprint density at radius 1 is 1.24 bits per heavy atom. The van der Waals surface area contributed by atoms with Crippen LogP contribution in [0.4, 0.5) is 10.7 Å². The first-order valence-electron chi connectivity index (χ1n) is 8.05. The second kappa shape index (κ2) is 7.76. The van der Waals surface area contributed by atoms with Gasteiger partial charge in [0.1, 0.15) is 10.8 Å². The number of thiophene rings is 1. The number of para-hydroxylation sites is 1. The average molecular weight is 374 g/mol. The Bertz CT molecular complexity index is 815. The Hall–Kier alpha value is -2.25. The number of hydrogen-bond donors (Lipinski definition) is 2. The summed E-state index contributed by atoms with van der Waals surface area (Å²) in [6.07, 6.45) is 1.40. The van der Waals surface area contributed by atoms with E-state index in [1.165, 1.54) is 11.3 Å². The van der Waals surface area contributed by atoms with Gasteiger partial charge in [0.25, 0.3) is 0 Å². The third kappa shape index (κ3) is 4.05. The van der Waals surface area contributed by atoms with E-state index in [0.29, 0.717) is 41.5 Å². The minimum atomic E-state index is -0.376. The van der Waals surface area contributed by atoms with Crippen LogP contribution in [0.3, 0.4) is 0 Å². The molecule has 0 saturated heterocycles. The Balaban J connectivity index is 1.85. The van der Waals surface area contributed by atoms with Crippen LogP contribution in [0.25, 0.3) is 0 Å². The van der Waals surface area contributed by atoms with Crippen molar-refractivity contribution in [2.75, 3.05) is 17.2 Å². The van der Waals surface area contributed by atoms with Gasteiger partial charge in [-0.2, -0.15) is 0 Å². The number of esters is 1. The van der Waals surface area contributed by atoms with Gasteiger partial charge in [0.2, 0.25) is 0 Å². The van der Waals surface area contributed by atoms with Crippen LogP contribution in [0, 0.1) is 0 Å². The first-order valence-corrected chi connectivity index (χ1v) is 9.27. The van der Waals surface area contributed by atoms with Gasteiger partial charge >= 0.3 is 5.97 Å². The molecular weight excluding hydrogens is 356 g/mol. The summed E-state index contributed by atoms with van der Waals surface area (Å²) in [5.41, 5.74) is 2.27. The number of ketones is 1. The third-order valence-electron chi connectivity index (χ3n) is 3.84. The number of thiocarbonyl (C=S) groups is 1. The highest BCUT2D eigenvalue weighted by Crippen LogP contribution is 2.38. The first kappa shape index (κ1) is 17.6. The van der Waals surface area contributed by atoms with E-state index in [0.717, 1.165) is 16.1 Å². The predicted octanol–water partition coefficient (Wildman–Crippen LogP) is 3.79. The number of rotatable bonds is 4. The number of benzene rings is 1. The Kier molecular flexibility index (Phi) is 5.45. The highest BCUT2D eigenvalue weighted by Gasteiger charge is 2.29. The molecule has 130 valence electrons. The van der Waals surface area contributed by atoms with Crippen molar-refractivity contribution in [3.8, 4) is 0 Å². The van der Waals surface area contributed by atoms with Crippen molar-refractivity contribution >= 4 is 51.1 Å². The van der Waals surface area contributed by atoms with E-state index in [2.05, 4.69) is 10.6 Å². The van der Waals surface area contributed by atoms with E-state index in [1.54, 1.807) is 6.92 Å². The molecule has 0 spiro atoms. The highest BCUT2D eigenvalue weighted by molar-refractivity contribution is 7.80. The summed E-state index contributed by atoms with van der Waals surface area (Å²) < 4.78 is 5.20. The van der Waals surface area contributed by atoms with E-state index in [1.807, 2.05) is 30.3 Å². The molecule has 1 aromatic heterocycles. The van der Waals surface area contributed by atoms with E-state index < -0.39 is 0 Å². The molecule has 0 saturated carbocycles. The van der Waals surface area contributed by atoms with E-state index in [9.17, 15) is 9.59 Å². The molecular formula is C18H18N2O3S2. The number of carbonyl (C=O) groups is 2. The molecule has 0 bridgehead atoms. The lowest BCUT2D eigenvalue weighted by Gasteiger charge is -2.13. The van der Waals surface area contributed by atoms with Crippen LogP contribution < -0.4 is 10.6 Å². The van der Waals surface area contributed by atoms with Gasteiger partial charge < -0.3 is 15.4 Å². The lowest BCUT2D eigenvalue weighted by atomic mass is 9.94. The maximum Gasteiger partial charge on any atom is 0.341 e. The van der Waals surface area contributed by atoms with Gasteiger partial charge in [-0.3, -0.25) is 4.79 Å². The molecule has 1 aliphatic carbocycles. The second-order valence-electron chi connectivity index (χ2n) is 5.59. The molecule has 2 N–H and O–H groups in total. The number of anilines is 2. The number of carbonyl (C=O) groups excluding carboxylic acids is 2. The molecule has 0 aliphatic heterocycles. The molecule has 3 rings (SSSR count). The molecule has 1 heterocycles. The molecule has 1 aromatic carbocycles. The van der Waals surface area contributed by atoms with E-state index >= 15 is 0 Å². The molecule has 0 amide bonds. The van der Waals surface area contributed by atoms with Crippen LogP contribution in [0.1, 0.15) is 34.1 Å². The number of ether oxygens (including phenoxy) is 1. The zero-order chi connectivity index (χ0) is 17.8. The molecule has 0 radical (unpaired) electrons. The number of nitrogens with one attached hydrogen (secondary N) is 2. The normalized spacial score (nSPS) is 13.1. The summed E-state index contributed by atoms with van der Waals surface area (Å²) in [6, 6.07) is 9.54. The fraction of sp³-hybridized carbons (Fsp3) is 0.278. The standard InChI is InChI=1S/C18H18N2O3S2/c1-2-23-17(22)15-13-9-8-12(21)10-14(13)25-16(15)20-18(24)19-11-6-4-3-5-7-11/h3-7H,2,8-10H2,1H3,(H2,19,20,24). The molecule has 7 heteroatoms. The van der Waals surface area contributed by atoms with Crippen molar-refractivity contribution in [3.63, 3.8) is 0 Å². The van der Waals surface area contributed by atoms with Crippen LogP contribution in [-0.4, -0.2) is 23.5 Å². The Morgan fingerprint density at radius 3 is 2.72 bits per heavy atom. The van der Waals surface area contributed by atoms with E-state index in [4.69, 9.17) is 17.0 Å². The molecule has 0 fully saturated rings. The van der Waals surface area contributed by atoms with Gasteiger partial charge in [0.05, 0.1) is 12.2 Å². The zero-order valence-electron chi connectivity index (χ0n) is 13.8. The van der Waals surface area contributed by atoms with Gasteiger partial charge in [-0.1, -0.05) is 18.2 Å². The lowest BCUT2D eigenvalue weighted by molar-refractivity contribution is -0.118.